The lowest BCUT2D eigenvalue weighted by atomic mass is 10.1. The van der Waals surface area contributed by atoms with Gasteiger partial charge in [-0.3, -0.25) is 0 Å². The normalized spacial score (nSPS) is 41.7. The van der Waals surface area contributed by atoms with Crippen LogP contribution in [0.5, 0.6) is 0 Å². The maximum Gasteiger partial charge on any atom is 0.159 e. The van der Waals surface area contributed by atoms with Crippen molar-refractivity contribution in [3.05, 3.63) is 0 Å². The molecular weight excluding hydrogens is 136 g/mol. The minimum absolute atomic E-state index is 0.152. The Hall–Kier alpha value is -0.160. The van der Waals surface area contributed by atoms with Gasteiger partial charge in [0.15, 0.2) is 6.29 Å². The first-order chi connectivity index (χ1) is 4.74. The molecule has 1 rings (SSSR count). The molecule has 0 aliphatic carbocycles. The van der Waals surface area contributed by atoms with E-state index in [0.717, 1.165) is 0 Å². The second-order valence-corrected chi connectivity index (χ2v) is 2.37. The maximum atomic E-state index is 9.07. The first-order valence-electron chi connectivity index (χ1n) is 3.24. The molecule has 0 saturated carbocycles. The number of rotatable bonds is 1. The third kappa shape index (κ3) is 1.67. The Morgan fingerprint density at radius 3 is 2.60 bits per heavy atom. The molecule has 4 nitrogen and oxygen atoms in total. The molecule has 60 valence electrons. The fraction of sp³-hybridized carbons (Fsp3) is 1.00. The van der Waals surface area contributed by atoms with Crippen molar-refractivity contribution in [2.75, 3.05) is 13.7 Å². The van der Waals surface area contributed by atoms with Crippen molar-refractivity contribution in [1.29, 1.82) is 0 Å². The molecule has 1 aliphatic rings. The van der Waals surface area contributed by atoms with Crippen molar-refractivity contribution in [2.24, 2.45) is 0 Å². The van der Waals surface area contributed by atoms with E-state index in [-0.39, 0.29) is 12.9 Å². The van der Waals surface area contributed by atoms with E-state index in [2.05, 4.69) is 0 Å². The zero-order chi connectivity index (χ0) is 7.56. The minimum atomic E-state index is -0.758. The molecule has 0 unspecified atom stereocenters. The van der Waals surface area contributed by atoms with Gasteiger partial charge in [0.25, 0.3) is 0 Å². The van der Waals surface area contributed by atoms with Gasteiger partial charge in [-0.05, 0) is 0 Å². The Morgan fingerprint density at radius 1 is 1.40 bits per heavy atom. The van der Waals surface area contributed by atoms with E-state index in [4.69, 9.17) is 19.7 Å². The first kappa shape index (κ1) is 7.94. The third-order valence-corrected chi connectivity index (χ3v) is 1.59. The third-order valence-electron chi connectivity index (χ3n) is 1.59. The van der Waals surface area contributed by atoms with Crippen LogP contribution in [0.25, 0.3) is 0 Å². The Bertz CT molecular complexity index is 106. The Balaban J connectivity index is 2.33. The average Bonchev–Trinajstić information content (AvgIpc) is 1.95. The predicted octanol–water partition coefficient (Wildman–Crippen LogP) is -0.899. The van der Waals surface area contributed by atoms with Crippen molar-refractivity contribution in [3.8, 4) is 0 Å². The molecule has 0 amide bonds. The van der Waals surface area contributed by atoms with Crippen LogP contribution in [-0.4, -0.2) is 42.4 Å². The van der Waals surface area contributed by atoms with Gasteiger partial charge < -0.3 is 19.7 Å². The number of hydrogen-bond donors (Lipinski definition) is 2. The lowest BCUT2D eigenvalue weighted by molar-refractivity contribution is -0.206. The Labute approximate surface area is 59.4 Å². The summed E-state index contributed by atoms with van der Waals surface area (Å²) >= 11 is 0. The van der Waals surface area contributed by atoms with Crippen LogP contribution in [0, 0.1) is 0 Å². The van der Waals surface area contributed by atoms with E-state index >= 15 is 0 Å². The lowest BCUT2D eigenvalue weighted by Gasteiger charge is -2.29. The quantitative estimate of drug-likeness (QED) is 0.506. The van der Waals surface area contributed by atoms with Crippen molar-refractivity contribution in [2.45, 2.75) is 24.9 Å². The number of aliphatic hydroxyl groups excluding tert-OH is 2. The highest BCUT2D eigenvalue weighted by atomic mass is 16.7. The average molecular weight is 148 g/mol. The predicted molar refractivity (Wildman–Crippen MR) is 33.4 cm³/mol. The fourth-order valence-electron chi connectivity index (χ4n) is 0.904. The van der Waals surface area contributed by atoms with Gasteiger partial charge in [0.05, 0.1) is 12.7 Å². The van der Waals surface area contributed by atoms with Crippen LogP contribution in [0.15, 0.2) is 0 Å². The van der Waals surface area contributed by atoms with Gasteiger partial charge >= 0.3 is 0 Å². The Morgan fingerprint density at radius 2 is 2.10 bits per heavy atom. The summed E-state index contributed by atoms with van der Waals surface area (Å²) in [5.41, 5.74) is 0. The van der Waals surface area contributed by atoms with Crippen molar-refractivity contribution in [3.63, 3.8) is 0 Å². The summed E-state index contributed by atoms with van der Waals surface area (Å²) in [4.78, 5) is 0. The molecule has 0 aromatic carbocycles. The van der Waals surface area contributed by atoms with Crippen molar-refractivity contribution < 1.29 is 19.7 Å². The molecule has 3 atom stereocenters. The van der Waals surface area contributed by atoms with Crippen LogP contribution in [0.4, 0.5) is 0 Å². The van der Waals surface area contributed by atoms with E-state index in [1.54, 1.807) is 0 Å². The van der Waals surface area contributed by atoms with Gasteiger partial charge in [0.2, 0.25) is 0 Å². The smallest absolute Gasteiger partial charge is 0.159 e. The fourth-order valence-corrected chi connectivity index (χ4v) is 0.904. The molecule has 1 fully saturated rings. The van der Waals surface area contributed by atoms with Gasteiger partial charge in [-0.1, -0.05) is 0 Å². The molecule has 0 radical (unpaired) electrons. The molecule has 0 spiro atoms. The summed E-state index contributed by atoms with van der Waals surface area (Å²) < 4.78 is 9.79. The van der Waals surface area contributed by atoms with E-state index in [9.17, 15) is 0 Å². The minimum Gasteiger partial charge on any atom is -0.390 e. The van der Waals surface area contributed by atoms with Crippen LogP contribution in [0.3, 0.4) is 0 Å². The summed E-state index contributed by atoms with van der Waals surface area (Å²) in [5.74, 6) is 0. The molecule has 2 N–H and O–H groups in total. The van der Waals surface area contributed by atoms with Crippen LogP contribution in [0.2, 0.25) is 0 Å². The summed E-state index contributed by atoms with van der Waals surface area (Å²) in [6.07, 6.45) is -1.49. The topological polar surface area (TPSA) is 58.9 Å². The molecule has 1 aliphatic heterocycles. The van der Waals surface area contributed by atoms with Crippen LogP contribution in [0.1, 0.15) is 6.42 Å². The summed E-state index contributed by atoms with van der Waals surface area (Å²) in [6.45, 7) is 0.152. The first-order valence-corrected chi connectivity index (χ1v) is 3.24. The van der Waals surface area contributed by atoms with Crippen molar-refractivity contribution >= 4 is 0 Å². The molecule has 4 heteroatoms. The van der Waals surface area contributed by atoms with Gasteiger partial charge in [0.1, 0.15) is 6.10 Å². The lowest BCUT2D eigenvalue weighted by Crippen LogP contribution is -2.41. The summed E-state index contributed by atoms with van der Waals surface area (Å²) in [7, 11) is 1.51. The second-order valence-electron chi connectivity index (χ2n) is 2.37. The van der Waals surface area contributed by atoms with E-state index in [0.29, 0.717) is 6.42 Å². The zero-order valence-electron chi connectivity index (χ0n) is 5.86. The van der Waals surface area contributed by atoms with Gasteiger partial charge in [-0.2, -0.15) is 0 Å². The molecule has 1 heterocycles. The van der Waals surface area contributed by atoms with E-state index < -0.39 is 12.2 Å². The number of ether oxygens (including phenoxy) is 2. The molecule has 10 heavy (non-hydrogen) atoms. The highest BCUT2D eigenvalue weighted by Gasteiger charge is 2.27. The SMILES string of the molecule is CO[C@H]1C[C@H](O)[C@H](O)CO1. The summed E-state index contributed by atoms with van der Waals surface area (Å²) in [6, 6.07) is 0. The van der Waals surface area contributed by atoms with E-state index in [1.807, 2.05) is 0 Å². The van der Waals surface area contributed by atoms with E-state index in [1.165, 1.54) is 7.11 Å². The van der Waals surface area contributed by atoms with Gasteiger partial charge in [-0.15, -0.1) is 0 Å². The molecule has 1 saturated heterocycles. The molecule has 0 aromatic rings. The van der Waals surface area contributed by atoms with Crippen LogP contribution < -0.4 is 0 Å². The summed E-state index contributed by atoms with van der Waals surface area (Å²) in [5, 5.41) is 18.0. The van der Waals surface area contributed by atoms with Crippen LogP contribution in [-0.2, 0) is 9.47 Å². The number of methoxy groups -OCH3 is 1. The number of hydrogen-bond acceptors (Lipinski definition) is 4. The molecule has 0 bridgehead atoms. The monoisotopic (exact) mass is 148 g/mol. The number of aliphatic hydroxyl groups is 2. The highest BCUT2D eigenvalue weighted by molar-refractivity contribution is 4.72. The molecular formula is C6H12O4. The standard InChI is InChI=1S/C6H12O4/c1-9-6-2-4(7)5(8)3-10-6/h4-8H,2-3H2,1H3/t4-,5+,6+/m0/s1. The van der Waals surface area contributed by atoms with Gasteiger partial charge in [0, 0.05) is 13.5 Å². The molecule has 0 aromatic heterocycles. The van der Waals surface area contributed by atoms with Crippen LogP contribution >= 0.6 is 0 Å². The maximum absolute atomic E-state index is 9.07. The zero-order valence-corrected chi connectivity index (χ0v) is 5.86. The van der Waals surface area contributed by atoms with Gasteiger partial charge in [-0.25, -0.2) is 0 Å². The second kappa shape index (κ2) is 3.30. The van der Waals surface area contributed by atoms with Crippen molar-refractivity contribution in [1.82, 2.24) is 0 Å². The Kier molecular flexibility index (Phi) is 2.62. The highest BCUT2D eigenvalue weighted by Crippen LogP contribution is 2.14. The largest absolute Gasteiger partial charge is 0.390 e.